The molecule has 1 aromatic heterocycles. The molecule has 0 atom stereocenters. The van der Waals surface area contributed by atoms with Crippen LogP contribution in [0.2, 0.25) is 0 Å². The SMILES string of the molecule is CCC(=O)CCCn1nc2n(c1=O)CCCC2. The molecule has 1 aliphatic rings. The first-order valence-corrected chi connectivity index (χ1v) is 6.40. The second-order valence-corrected chi connectivity index (χ2v) is 4.53. The summed E-state index contributed by atoms with van der Waals surface area (Å²) in [5, 5.41) is 4.33. The summed E-state index contributed by atoms with van der Waals surface area (Å²) in [5.74, 6) is 1.16. The van der Waals surface area contributed by atoms with Gasteiger partial charge in [-0.3, -0.25) is 9.36 Å². The first-order chi connectivity index (χ1) is 8.22. The van der Waals surface area contributed by atoms with Crippen molar-refractivity contribution in [3.8, 4) is 0 Å². The molecule has 0 spiro atoms. The van der Waals surface area contributed by atoms with E-state index in [-0.39, 0.29) is 11.5 Å². The van der Waals surface area contributed by atoms with Crippen molar-refractivity contribution in [2.75, 3.05) is 0 Å². The van der Waals surface area contributed by atoms with Crippen molar-refractivity contribution in [1.82, 2.24) is 14.3 Å². The minimum absolute atomic E-state index is 0.0105. The van der Waals surface area contributed by atoms with Crippen LogP contribution in [-0.4, -0.2) is 20.1 Å². The number of Topliss-reactive ketones (excluding diaryl/α,β-unsaturated/α-hetero) is 1. The van der Waals surface area contributed by atoms with E-state index in [2.05, 4.69) is 5.10 Å². The van der Waals surface area contributed by atoms with Gasteiger partial charge in [-0.1, -0.05) is 6.92 Å². The molecule has 0 radical (unpaired) electrons. The fraction of sp³-hybridized carbons (Fsp3) is 0.750. The number of carbonyl (C=O) groups is 1. The molecule has 17 heavy (non-hydrogen) atoms. The minimum Gasteiger partial charge on any atom is -0.300 e. The lowest BCUT2D eigenvalue weighted by Gasteiger charge is -2.09. The van der Waals surface area contributed by atoms with Gasteiger partial charge in [-0.15, -0.1) is 0 Å². The number of aromatic nitrogens is 3. The Balaban J connectivity index is 1.99. The maximum absolute atomic E-state index is 11.9. The zero-order chi connectivity index (χ0) is 12.3. The number of aryl methyl sites for hydroxylation is 2. The van der Waals surface area contributed by atoms with Gasteiger partial charge < -0.3 is 0 Å². The Kier molecular flexibility index (Phi) is 3.76. The van der Waals surface area contributed by atoms with Crippen LogP contribution in [0, 0.1) is 0 Å². The molecule has 0 saturated carbocycles. The van der Waals surface area contributed by atoms with Crippen molar-refractivity contribution in [3.63, 3.8) is 0 Å². The summed E-state index contributed by atoms with van der Waals surface area (Å²) in [6.45, 7) is 3.22. The monoisotopic (exact) mass is 237 g/mol. The molecule has 0 fully saturated rings. The Labute approximate surface area is 100 Å². The van der Waals surface area contributed by atoms with E-state index in [9.17, 15) is 9.59 Å². The summed E-state index contributed by atoms with van der Waals surface area (Å²) in [7, 11) is 0. The molecule has 0 amide bonds. The van der Waals surface area contributed by atoms with Crippen LogP contribution >= 0.6 is 0 Å². The highest BCUT2D eigenvalue weighted by molar-refractivity contribution is 5.77. The van der Waals surface area contributed by atoms with Crippen LogP contribution in [0.25, 0.3) is 0 Å². The second kappa shape index (κ2) is 5.29. The maximum atomic E-state index is 11.9. The zero-order valence-corrected chi connectivity index (χ0v) is 10.3. The number of ketones is 1. The Hall–Kier alpha value is -1.39. The average Bonchev–Trinajstić information content (AvgIpc) is 2.67. The molecule has 94 valence electrons. The normalized spacial score (nSPS) is 14.6. The summed E-state index contributed by atoms with van der Waals surface area (Å²) in [4.78, 5) is 23.1. The van der Waals surface area contributed by atoms with E-state index in [4.69, 9.17) is 0 Å². The Morgan fingerprint density at radius 1 is 1.41 bits per heavy atom. The van der Waals surface area contributed by atoms with Crippen LogP contribution in [0.1, 0.15) is 44.9 Å². The molecular weight excluding hydrogens is 218 g/mol. The molecule has 0 saturated heterocycles. The van der Waals surface area contributed by atoms with Gasteiger partial charge in [0.2, 0.25) is 0 Å². The standard InChI is InChI=1S/C12H19N3O2/c1-2-10(16)6-5-9-15-12(17)14-8-4-3-7-11(14)13-15/h2-9H2,1H3. The highest BCUT2D eigenvalue weighted by Crippen LogP contribution is 2.09. The molecule has 2 rings (SSSR count). The number of hydrogen-bond donors (Lipinski definition) is 0. The molecule has 1 aliphatic heterocycles. The van der Waals surface area contributed by atoms with Gasteiger partial charge in [0.25, 0.3) is 0 Å². The van der Waals surface area contributed by atoms with Crippen molar-refractivity contribution in [2.24, 2.45) is 0 Å². The van der Waals surface area contributed by atoms with Gasteiger partial charge in [0, 0.05) is 32.4 Å². The molecular formula is C12H19N3O2. The number of rotatable bonds is 5. The number of nitrogens with zero attached hydrogens (tertiary/aromatic N) is 3. The van der Waals surface area contributed by atoms with Crippen LogP contribution in [-0.2, 0) is 24.3 Å². The van der Waals surface area contributed by atoms with Crippen molar-refractivity contribution >= 4 is 5.78 Å². The fourth-order valence-electron chi connectivity index (χ4n) is 2.20. The molecule has 5 heteroatoms. The van der Waals surface area contributed by atoms with E-state index >= 15 is 0 Å². The first kappa shape index (κ1) is 12.1. The van der Waals surface area contributed by atoms with E-state index in [1.54, 1.807) is 4.57 Å². The minimum atomic E-state index is -0.0105. The number of hydrogen-bond acceptors (Lipinski definition) is 3. The fourth-order valence-corrected chi connectivity index (χ4v) is 2.20. The molecule has 0 unspecified atom stereocenters. The van der Waals surface area contributed by atoms with Crippen LogP contribution in [0.5, 0.6) is 0 Å². The van der Waals surface area contributed by atoms with Gasteiger partial charge in [-0.05, 0) is 19.3 Å². The predicted octanol–water partition coefficient (Wildman–Crippen LogP) is 1.14. The smallest absolute Gasteiger partial charge is 0.300 e. The number of carbonyl (C=O) groups excluding carboxylic acids is 1. The Morgan fingerprint density at radius 2 is 2.24 bits per heavy atom. The van der Waals surface area contributed by atoms with Crippen LogP contribution < -0.4 is 5.69 Å². The van der Waals surface area contributed by atoms with Gasteiger partial charge in [-0.25, -0.2) is 9.48 Å². The molecule has 0 bridgehead atoms. The summed E-state index contributed by atoms with van der Waals surface area (Å²) in [6, 6.07) is 0. The van der Waals surface area contributed by atoms with Crippen molar-refractivity contribution in [2.45, 2.75) is 58.5 Å². The van der Waals surface area contributed by atoms with Crippen LogP contribution in [0.4, 0.5) is 0 Å². The second-order valence-electron chi connectivity index (χ2n) is 4.53. The van der Waals surface area contributed by atoms with Crippen molar-refractivity contribution in [1.29, 1.82) is 0 Å². The molecule has 0 aromatic carbocycles. The van der Waals surface area contributed by atoms with E-state index in [0.29, 0.717) is 25.8 Å². The third-order valence-electron chi connectivity index (χ3n) is 3.25. The van der Waals surface area contributed by atoms with Crippen molar-refractivity contribution < 1.29 is 4.79 Å². The lowest BCUT2D eigenvalue weighted by Crippen LogP contribution is -2.27. The van der Waals surface area contributed by atoms with E-state index < -0.39 is 0 Å². The van der Waals surface area contributed by atoms with Gasteiger partial charge in [0.1, 0.15) is 11.6 Å². The highest BCUT2D eigenvalue weighted by atomic mass is 16.2. The van der Waals surface area contributed by atoms with Crippen LogP contribution in [0.15, 0.2) is 4.79 Å². The lowest BCUT2D eigenvalue weighted by molar-refractivity contribution is -0.118. The number of fused-ring (bicyclic) bond motifs is 1. The van der Waals surface area contributed by atoms with E-state index in [1.807, 2.05) is 6.92 Å². The van der Waals surface area contributed by atoms with E-state index in [0.717, 1.165) is 31.6 Å². The van der Waals surface area contributed by atoms with Crippen molar-refractivity contribution in [3.05, 3.63) is 16.3 Å². The van der Waals surface area contributed by atoms with Gasteiger partial charge in [0.05, 0.1) is 0 Å². The quantitative estimate of drug-likeness (QED) is 0.771. The largest absolute Gasteiger partial charge is 0.345 e. The third-order valence-corrected chi connectivity index (χ3v) is 3.25. The molecule has 2 heterocycles. The highest BCUT2D eigenvalue weighted by Gasteiger charge is 2.16. The molecule has 5 nitrogen and oxygen atoms in total. The van der Waals surface area contributed by atoms with Gasteiger partial charge >= 0.3 is 5.69 Å². The molecule has 0 N–H and O–H groups in total. The Bertz CT molecular complexity index is 459. The predicted molar refractivity (Wildman–Crippen MR) is 64.0 cm³/mol. The maximum Gasteiger partial charge on any atom is 0.345 e. The lowest BCUT2D eigenvalue weighted by atomic mass is 10.2. The average molecular weight is 237 g/mol. The summed E-state index contributed by atoms with van der Waals surface area (Å²) >= 11 is 0. The zero-order valence-electron chi connectivity index (χ0n) is 10.3. The third kappa shape index (κ3) is 2.65. The van der Waals surface area contributed by atoms with Crippen LogP contribution in [0.3, 0.4) is 0 Å². The topological polar surface area (TPSA) is 56.9 Å². The molecule has 0 aliphatic carbocycles. The first-order valence-electron chi connectivity index (χ1n) is 6.40. The molecule has 1 aromatic rings. The van der Waals surface area contributed by atoms with E-state index in [1.165, 1.54) is 4.68 Å². The summed E-state index contributed by atoms with van der Waals surface area (Å²) in [6.07, 6.45) is 4.91. The summed E-state index contributed by atoms with van der Waals surface area (Å²) < 4.78 is 3.29. The Morgan fingerprint density at radius 3 is 2.94 bits per heavy atom. The summed E-state index contributed by atoms with van der Waals surface area (Å²) in [5.41, 5.74) is -0.0105. The van der Waals surface area contributed by atoms with Gasteiger partial charge in [0.15, 0.2) is 0 Å². The van der Waals surface area contributed by atoms with Gasteiger partial charge in [-0.2, -0.15) is 5.10 Å².